The standard InChI is InChI=1S/C14H26O2/c1-11-6-5-8-13(15,10-11)14(16)9-4-3-7-12(14)2/h11-12,15-16H,3-10H2,1-2H3. The largest absolute Gasteiger partial charge is 0.387 e. The average Bonchev–Trinajstić information content (AvgIpc) is 2.22. The highest BCUT2D eigenvalue weighted by Crippen LogP contribution is 2.48. The molecule has 2 heteroatoms. The van der Waals surface area contributed by atoms with E-state index in [-0.39, 0.29) is 5.92 Å². The number of hydrogen-bond acceptors (Lipinski definition) is 2. The molecule has 0 radical (unpaired) electrons. The lowest BCUT2D eigenvalue weighted by Crippen LogP contribution is -2.60. The number of rotatable bonds is 1. The van der Waals surface area contributed by atoms with Crippen LogP contribution in [0.25, 0.3) is 0 Å². The van der Waals surface area contributed by atoms with Gasteiger partial charge in [0.2, 0.25) is 0 Å². The van der Waals surface area contributed by atoms with Crippen LogP contribution < -0.4 is 0 Å². The van der Waals surface area contributed by atoms with Crippen LogP contribution in [0.15, 0.2) is 0 Å². The van der Waals surface area contributed by atoms with E-state index < -0.39 is 11.2 Å². The molecular formula is C14H26O2. The molecule has 2 fully saturated rings. The van der Waals surface area contributed by atoms with Crippen molar-refractivity contribution in [2.45, 2.75) is 76.4 Å². The molecule has 0 aromatic rings. The van der Waals surface area contributed by atoms with Crippen molar-refractivity contribution in [3.05, 3.63) is 0 Å². The van der Waals surface area contributed by atoms with Crippen LogP contribution in [0, 0.1) is 11.8 Å². The molecule has 16 heavy (non-hydrogen) atoms. The van der Waals surface area contributed by atoms with Gasteiger partial charge in [-0.2, -0.15) is 0 Å². The van der Waals surface area contributed by atoms with E-state index in [1.165, 1.54) is 12.8 Å². The van der Waals surface area contributed by atoms with Crippen molar-refractivity contribution < 1.29 is 10.2 Å². The fourth-order valence-corrected chi connectivity index (χ4v) is 3.94. The Morgan fingerprint density at radius 2 is 1.69 bits per heavy atom. The third-order valence-electron chi connectivity index (χ3n) is 5.04. The van der Waals surface area contributed by atoms with Crippen LogP contribution in [-0.2, 0) is 0 Å². The summed E-state index contributed by atoms with van der Waals surface area (Å²) in [7, 11) is 0. The summed E-state index contributed by atoms with van der Waals surface area (Å²) in [6.45, 7) is 4.30. The Kier molecular flexibility index (Phi) is 3.33. The highest BCUT2D eigenvalue weighted by atomic mass is 16.4. The third kappa shape index (κ3) is 1.91. The van der Waals surface area contributed by atoms with Gasteiger partial charge in [0, 0.05) is 0 Å². The van der Waals surface area contributed by atoms with Crippen LogP contribution in [-0.4, -0.2) is 21.4 Å². The van der Waals surface area contributed by atoms with Gasteiger partial charge in [0.25, 0.3) is 0 Å². The minimum Gasteiger partial charge on any atom is -0.387 e. The Morgan fingerprint density at radius 3 is 2.31 bits per heavy atom. The molecule has 0 aromatic carbocycles. The van der Waals surface area contributed by atoms with Gasteiger partial charge in [-0.05, 0) is 37.5 Å². The van der Waals surface area contributed by atoms with Crippen molar-refractivity contribution >= 4 is 0 Å². The molecule has 0 spiro atoms. The van der Waals surface area contributed by atoms with E-state index in [4.69, 9.17) is 0 Å². The van der Waals surface area contributed by atoms with Crippen molar-refractivity contribution in [3.8, 4) is 0 Å². The Labute approximate surface area is 99.1 Å². The van der Waals surface area contributed by atoms with Gasteiger partial charge >= 0.3 is 0 Å². The first-order valence-corrected chi connectivity index (χ1v) is 6.93. The van der Waals surface area contributed by atoms with Crippen molar-refractivity contribution in [1.29, 1.82) is 0 Å². The predicted octanol–water partition coefficient (Wildman–Crippen LogP) is 2.87. The topological polar surface area (TPSA) is 40.5 Å². The molecule has 4 unspecified atom stereocenters. The van der Waals surface area contributed by atoms with Gasteiger partial charge < -0.3 is 10.2 Å². The maximum Gasteiger partial charge on any atom is 0.0958 e. The quantitative estimate of drug-likeness (QED) is 0.722. The van der Waals surface area contributed by atoms with Gasteiger partial charge in [0.15, 0.2) is 0 Å². The van der Waals surface area contributed by atoms with E-state index in [9.17, 15) is 10.2 Å². The molecule has 4 atom stereocenters. The smallest absolute Gasteiger partial charge is 0.0958 e. The van der Waals surface area contributed by atoms with Crippen LogP contribution in [0.3, 0.4) is 0 Å². The molecule has 2 nitrogen and oxygen atoms in total. The summed E-state index contributed by atoms with van der Waals surface area (Å²) < 4.78 is 0. The van der Waals surface area contributed by atoms with E-state index in [1.54, 1.807) is 0 Å². The lowest BCUT2D eigenvalue weighted by molar-refractivity contribution is -0.210. The van der Waals surface area contributed by atoms with Crippen molar-refractivity contribution in [2.24, 2.45) is 11.8 Å². The third-order valence-corrected chi connectivity index (χ3v) is 5.04. The summed E-state index contributed by atoms with van der Waals surface area (Å²) in [5.41, 5.74) is -1.63. The van der Waals surface area contributed by atoms with E-state index in [0.717, 1.165) is 38.5 Å². The van der Waals surface area contributed by atoms with Crippen LogP contribution in [0.4, 0.5) is 0 Å². The van der Waals surface area contributed by atoms with Crippen molar-refractivity contribution in [2.75, 3.05) is 0 Å². The Morgan fingerprint density at radius 1 is 0.938 bits per heavy atom. The van der Waals surface area contributed by atoms with Crippen LogP contribution in [0.2, 0.25) is 0 Å². The normalized spacial score (nSPS) is 50.2. The van der Waals surface area contributed by atoms with Gasteiger partial charge in [0.1, 0.15) is 0 Å². The molecular weight excluding hydrogens is 200 g/mol. The zero-order chi connectivity index (χ0) is 11.8. The lowest BCUT2D eigenvalue weighted by Gasteiger charge is -2.52. The van der Waals surface area contributed by atoms with Gasteiger partial charge in [-0.1, -0.05) is 39.5 Å². The zero-order valence-electron chi connectivity index (χ0n) is 10.7. The molecule has 2 saturated carbocycles. The lowest BCUT2D eigenvalue weighted by atomic mass is 9.61. The SMILES string of the molecule is CC1CCCC(O)(C2(O)CCCCC2C)C1. The molecule has 0 aliphatic heterocycles. The molecule has 2 aliphatic rings. The Balaban J connectivity index is 2.19. The summed E-state index contributed by atoms with van der Waals surface area (Å²) in [4.78, 5) is 0. The molecule has 0 saturated heterocycles. The predicted molar refractivity (Wildman–Crippen MR) is 65.2 cm³/mol. The minimum absolute atomic E-state index is 0.247. The number of hydrogen-bond donors (Lipinski definition) is 2. The molecule has 0 aromatic heterocycles. The maximum atomic E-state index is 10.9. The van der Waals surface area contributed by atoms with E-state index in [2.05, 4.69) is 13.8 Å². The summed E-state index contributed by atoms with van der Waals surface area (Å²) in [6, 6.07) is 0. The molecule has 0 amide bonds. The summed E-state index contributed by atoms with van der Waals surface area (Å²) >= 11 is 0. The van der Waals surface area contributed by atoms with Gasteiger partial charge in [-0.25, -0.2) is 0 Å². The molecule has 2 N–H and O–H groups in total. The minimum atomic E-state index is -0.820. The highest BCUT2D eigenvalue weighted by Gasteiger charge is 2.53. The van der Waals surface area contributed by atoms with Gasteiger partial charge in [-0.3, -0.25) is 0 Å². The summed E-state index contributed by atoms with van der Waals surface area (Å²) in [6.07, 6.45) is 7.96. The summed E-state index contributed by atoms with van der Waals surface area (Å²) in [5, 5.41) is 21.7. The fourth-order valence-electron chi connectivity index (χ4n) is 3.94. The first-order chi connectivity index (χ1) is 7.48. The van der Waals surface area contributed by atoms with Crippen LogP contribution >= 0.6 is 0 Å². The fraction of sp³-hybridized carbons (Fsp3) is 1.00. The molecule has 0 bridgehead atoms. The second-order valence-corrected chi connectivity index (χ2v) is 6.30. The Bertz CT molecular complexity index is 253. The monoisotopic (exact) mass is 226 g/mol. The Hall–Kier alpha value is -0.0800. The average molecular weight is 226 g/mol. The molecule has 94 valence electrons. The molecule has 2 aliphatic carbocycles. The first kappa shape index (κ1) is 12.4. The second-order valence-electron chi connectivity index (χ2n) is 6.30. The number of aliphatic hydroxyl groups is 2. The van der Waals surface area contributed by atoms with E-state index in [1.807, 2.05) is 0 Å². The van der Waals surface area contributed by atoms with E-state index >= 15 is 0 Å². The van der Waals surface area contributed by atoms with Crippen LogP contribution in [0.1, 0.15) is 65.2 Å². The zero-order valence-corrected chi connectivity index (χ0v) is 10.7. The first-order valence-electron chi connectivity index (χ1n) is 6.93. The van der Waals surface area contributed by atoms with E-state index in [0.29, 0.717) is 5.92 Å². The van der Waals surface area contributed by atoms with Gasteiger partial charge in [0.05, 0.1) is 11.2 Å². The summed E-state index contributed by atoms with van der Waals surface area (Å²) in [5.74, 6) is 0.799. The van der Waals surface area contributed by atoms with Crippen LogP contribution in [0.5, 0.6) is 0 Å². The second kappa shape index (κ2) is 4.30. The molecule has 0 heterocycles. The maximum absolute atomic E-state index is 10.9. The molecule has 2 rings (SSSR count). The van der Waals surface area contributed by atoms with Crippen molar-refractivity contribution in [1.82, 2.24) is 0 Å². The van der Waals surface area contributed by atoms with Crippen molar-refractivity contribution in [3.63, 3.8) is 0 Å². The van der Waals surface area contributed by atoms with Gasteiger partial charge in [-0.15, -0.1) is 0 Å². The highest BCUT2D eigenvalue weighted by molar-refractivity contribution is 5.06.